The van der Waals surface area contributed by atoms with Gasteiger partial charge in [0.05, 0.1) is 39.9 Å². The summed E-state index contributed by atoms with van der Waals surface area (Å²) in [5.41, 5.74) is 0.663. The van der Waals surface area contributed by atoms with Gasteiger partial charge in [-0.15, -0.1) is 0 Å². The fourth-order valence-corrected chi connectivity index (χ4v) is 6.53. The lowest BCUT2D eigenvalue weighted by Crippen LogP contribution is -2.51. The third-order valence-corrected chi connectivity index (χ3v) is 8.27. The second kappa shape index (κ2) is 8.84. The van der Waals surface area contributed by atoms with Crippen LogP contribution in [0, 0.1) is 5.92 Å². The van der Waals surface area contributed by atoms with Gasteiger partial charge in [0.15, 0.2) is 0 Å². The maximum absolute atomic E-state index is 13.9. The minimum atomic E-state index is -1.57. The number of aliphatic hydroxyl groups is 1. The van der Waals surface area contributed by atoms with Gasteiger partial charge < -0.3 is 10.4 Å². The van der Waals surface area contributed by atoms with Gasteiger partial charge in [-0.1, -0.05) is 56.3 Å². The molecule has 0 bridgehead atoms. The Balaban J connectivity index is 1.40. The molecule has 1 saturated heterocycles. The quantitative estimate of drug-likeness (QED) is 0.370. The molecule has 3 aliphatic rings. The van der Waals surface area contributed by atoms with Gasteiger partial charge in [0, 0.05) is 12.0 Å². The molecular weight excluding hydrogens is 506 g/mol. The maximum atomic E-state index is 13.9. The van der Waals surface area contributed by atoms with Crippen LogP contribution in [0.25, 0.3) is 16.6 Å². The molecule has 1 aromatic heterocycles. The Labute approximate surface area is 230 Å². The Kier molecular flexibility index (Phi) is 5.45. The van der Waals surface area contributed by atoms with Crippen molar-refractivity contribution in [3.05, 3.63) is 100 Å². The first-order valence-corrected chi connectivity index (χ1v) is 13.6. The van der Waals surface area contributed by atoms with E-state index in [2.05, 4.69) is 24.5 Å². The standard InChI is InChI=1S/C31H29N5O4/c1-17(2)15-22-29(39)36-25-14-8-5-11-20(25)31(40,30(36)34-22)16-23-26-32-21-12-6-3-9-18(21)28(38)35(26)24-13-7-4-10-19(24)27(37)33-23/h3-14,17,22-23,30,34,40H,15-16H2,1-2H3,(H,33,37)/t22-,23-,30-,31+/m0/s1. The molecule has 3 N–H and O–H groups in total. The summed E-state index contributed by atoms with van der Waals surface area (Å²) in [4.78, 5) is 47.5. The zero-order valence-corrected chi connectivity index (χ0v) is 22.2. The number of fused-ring (bicyclic) bond motifs is 7. The average molecular weight is 536 g/mol. The lowest BCUT2D eigenvalue weighted by molar-refractivity contribution is -0.119. The molecule has 0 radical (unpaired) electrons. The molecule has 2 amide bonds. The third-order valence-electron chi connectivity index (χ3n) is 8.27. The molecule has 202 valence electrons. The maximum Gasteiger partial charge on any atom is 0.266 e. The highest BCUT2D eigenvalue weighted by atomic mass is 16.3. The average Bonchev–Trinajstić information content (AvgIpc) is 3.35. The van der Waals surface area contributed by atoms with Crippen LogP contribution in [0.2, 0.25) is 0 Å². The molecule has 3 aromatic carbocycles. The summed E-state index contributed by atoms with van der Waals surface area (Å²) in [6, 6.07) is 20.1. The van der Waals surface area contributed by atoms with Crippen LogP contribution in [-0.4, -0.2) is 38.7 Å². The van der Waals surface area contributed by atoms with Gasteiger partial charge >= 0.3 is 0 Å². The molecule has 9 nitrogen and oxygen atoms in total. The summed E-state index contributed by atoms with van der Waals surface area (Å²) in [5.74, 6) is 0.157. The molecule has 7 rings (SSSR count). The molecule has 1 fully saturated rings. The Bertz CT molecular complexity index is 1760. The van der Waals surface area contributed by atoms with Crippen LogP contribution in [0.15, 0.2) is 77.6 Å². The van der Waals surface area contributed by atoms with Crippen LogP contribution in [0.5, 0.6) is 0 Å². The predicted octanol–water partition coefficient (Wildman–Crippen LogP) is 3.14. The van der Waals surface area contributed by atoms with Crippen molar-refractivity contribution >= 4 is 28.4 Å². The van der Waals surface area contributed by atoms with Gasteiger partial charge in [0.1, 0.15) is 17.6 Å². The van der Waals surface area contributed by atoms with Gasteiger partial charge in [-0.2, -0.15) is 0 Å². The van der Waals surface area contributed by atoms with E-state index in [1.54, 1.807) is 47.4 Å². The van der Waals surface area contributed by atoms with Crippen LogP contribution < -0.4 is 21.1 Å². The van der Waals surface area contributed by atoms with Crippen molar-refractivity contribution in [2.24, 2.45) is 5.92 Å². The number of carbonyl (C=O) groups excluding carboxylic acids is 2. The summed E-state index contributed by atoms with van der Waals surface area (Å²) < 4.78 is 1.48. The number of amides is 2. The first kappa shape index (κ1) is 24.7. The van der Waals surface area contributed by atoms with Crippen molar-refractivity contribution in [3.63, 3.8) is 0 Å². The van der Waals surface area contributed by atoms with Crippen molar-refractivity contribution < 1.29 is 14.7 Å². The molecule has 4 atom stereocenters. The molecule has 3 aliphatic heterocycles. The number of aromatic nitrogens is 2. The molecule has 0 saturated carbocycles. The van der Waals surface area contributed by atoms with Crippen molar-refractivity contribution in [3.8, 4) is 5.69 Å². The Morgan fingerprint density at radius 1 is 0.925 bits per heavy atom. The van der Waals surface area contributed by atoms with E-state index < -0.39 is 23.9 Å². The summed E-state index contributed by atoms with van der Waals surface area (Å²) in [6.45, 7) is 4.11. The van der Waals surface area contributed by atoms with Crippen LogP contribution >= 0.6 is 0 Å². The van der Waals surface area contributed by atoms with Crippen molar-refractivity contribution in [2.75, 3.05) is 4.90 Å². The predicted molar refractivity (Wildman–Crippen MR) is 150 cm³/mol. The van der Waals surface area contributed by atoms with Gasteiger partial charge in [-0.25, -0.2) is 4.98 Å². The number of benzene rings is 3. The SMILES string of the molecule is CC(C)C[C@@H]1N[C@H]2N(C1=O)c1ccccc1[C@]2(O)C[C@@H]1NC(=O)c2ccccc2-n2c1nc1ccccc1c2=O. The van der Waals surface area contributed by atoms with E-state index in [1.165, 1.54) is 4.57 Å². The zero-order valence-electron chi connectivity index (χ0n) is 22.2. The number of hydrogen-bond donors (Lipinski definition) is 3. The summed E-state index contributed by atoms with van der Waals surface area (Å²) in [6.07, 6.45) is -0.111. The lowest BCUT2D eigenvalue weighted by Gasteiger charge is -2.34. The van der Waals surface area contributed by atoms with E-state index in [0.29, 0.717) is 45.6 Å². The Morgan fingerprint density at radius 3 is 2.42 bits per heavy atom. The first-order chi connectivity index (χ1) is 19.3. The zero-order chi connectivity index (χ0) is 27.8. The largest absolute Gasteiger partial charge is 0.381 e. The topological polar surface area (TPSA) is 117 Å². The van der Waals surface area contributed by atoms with Crippen molar-refractivity contribution in [2.45, 2.75) is 50.5 Å². The number of nitrogens with one attached hydrogen (secondary N) is 2. The Morgan fingerprint density at radius 2 is 1.62 bits per heavy atom. The highest BCUT2D eigenvalue weighted by Gasteiger charge is 2.58. The summed E-state index contributed by atoms with van der Waals surface area (Å²) in [7, 11) is 0. The molecular formula is C31H29N5O4. The normalized spacial score (nSPS) is 24.9. The van der Waals surface area contributed by atoms with E-state index in [1.807, 2.05) is 30.3 Å². The van der Waals surface area contributed by atoms with Crippen molar-refractivity contribution in [1.29, 1.82) is 0 Å². The van der Waals surface area contributed by atoms with Crippen molar-refractivity contribution in [1.82, 2.24) is 20.2 Å². The fraction of sp³-hybridized carbons (Fsp3) is 0.290. The Hall–Kier alpha value is -4.34. The summed E-state index contributed by atoms with van der Waals surface area (Å²) in [5, 5.41) is 19.4. The van der Waals surface area contributed by atoms with E-state index in [9.17, 15) is 19.5 Å². The highest BCUT2D eigenvalue weighted by Crippen LogP contribution is 2.50. The minimum absolute atomic E-state index is 0.00956. The fourth-order valence-electron chi connectivity index (χ4n) is 6.53. The number of rotatable bonds is 4. The molecule has 9 heteroatoms. The number of hydrogen-bond acceptors (Lipinski definition) is 6. The van der Waals surface area contributed by atoms with Crippen LogP contribution in [0.1, 0.15) is 54.5 Å². The lowest BCUT2D eigenvalue weighted by atomic mass is 9.86. The van der Waals surface area contributed by atoms with E-state index in [0.717, 1.165) is 0 Å². The number of carbonyl (C=O) groups is 2. The molecule has 0 spiro atoms. The second-order valence-electron chi connectivity index (χ2n) is 11.3. The van der Waals surface area contributed by atoms with E-state index >= 15 is 0 Å². The monoisotopic (exact) mass is 535 g/mol. The number of anilines is 1. The van der Waals surface area contributed by atoms with E-state index in [-0.39, 0.29) is 29.7 Å². The number of para-hydroxylation sites is 3. The molecule has 0 unspecified atom stereocenters. The summed E-state index contributed by atoms with van der Waals surface area (Å²) >= 11 is 0. The van der Waals surface area contributed by atoms with Crippen LogP contribution in [0.4, 0.5) is 5.69 Å². The van der Waals surface area contributed by atoms with Crippen LogP contribution in [-0.2, 0) is 10.4 Å². The molecule has 40 heavy (non-hydrogen) atoms. The molecule has 4 heterocycles. The third kappa shape index (κ3) is 3.47. The second-order valence-corrected chi connectivity index (χ2v) is 11.3. The number of nitrogens with zero attached hydrogens (tertiary/aromatic N) is 3. The van der Waals surface area contributed by atoms with Crippen LogP contribution in [0.3, 0.4) is 0 Å². The van der Waals surface area contributed by atoms with Gasteiger partial charge in [0.2, 0.25) is 5.91 Å². The van der Waals surface area contributed by atoms with E-state index in [4.69, 9.17) is 4.98 Å². The molecule has 4 aromatic rings. The first-order valence-electron chi connectivity index (χ1n) is 13.6. The smallest absolute Gasteiger partial charge is 0.266 e. The minimum Gasteiger partial charge on any atom is -0.381 e. The molecule has 0 aliphatic carbocycles. The van der Waals surface area contributed by atoms with Gasteiger partial charge in [-0.3, -0.25) is 29.2 Å². The van der Waals surface area contributed by atoms with Gasteiger partial charge in [-0.05, 0) is 42.7 Å². The highest BCUT2D eigenvalue weighted by molar-refractivity contribution is 6.03. The van der Waals surface area contributed by atoms with Gasteiger partial charge in [0.25, 0.3) is 11.5 Å².